The summed E-state index contributed by atoms with van der Waals surface area (Å²) in [5.41, 5.74) is 2.98. The minimum atomic E-state index is 0. The molecule has 3 atom stereocenters. The van der Waals surface area contributed by atoms with Crippen LogP contribution in [0.5, 0.6) is 0 Å². The van der Waals surface area contributed by atoms with E-state index in [0.717, 1.165) is 17.8 Å². The maximum Gasteiger partial charge on any atom is -0.00171 e. The molecule has 0 aromatic heterocycles. The van der Waals surface area contributed by atoms with Gasteiger partial charge >= 0.3 is 0 Å². The van der Waals surface area contributed by atoms with Crippen LogP contribution in [0.15, 0.2) is 24.3 Å². The van der Waals surface area contributed by atoms with Gasteiger partial charge in [-0.3, -0.25) is 0 Å². The van der Waals surface area contributed by atoms with Crippen LogP contribution in [0.3, 0.4) is 0 Å². The summed E-state index contributed by atoms with van der Waals surface area (Å²) in [5.74, 6) is 2.74. The number of fused-ring (bicyclic) bond motifs is 1. The number of aryl methyl sites for hydroxylation is 1. The number of rotatable bonds is 1. The molecule has 1 aromatic rings. The second-order valence-electron chi connectivity index (χ2n) is 5.26. The van der Waals surface area contributed by atoms with E-state index in [-0.39, 0.29) is 12.4 Å². The van der Waals surface area contributed by atoms with Crippen molar-refractivity contribution in [1.29, 1.82) is 0 Å². The van der Waals surface area contributed by atoms with Gasteiger partial charge in [0.1, 0.15) is 0 Å². The lowest BCUT2D eigenvalue weighted by molar-refractivity contribution is 0.494. The van der Waals surface area contributed by atoms with Crippen LogP contribution in [0.1, 0.15) is 29.9 Å². The van der Waals surface area contributed by atoms with Gasteiger partial charge in [0.25, 0.3) is 0 Å². The zero-order valence-corrected chi connectivity index (χ0v) is 10.6. The third kappa shape index (κ3) is 2.11. The molecule has 0 radical (unpaired) electrons. The van der Waals surface area contributed by atoms with E-state index in [2.05, 4.69) is 36.5 Å². The molecule has 0 unspecified atom stereocenters. The number of hydrogen-bond donors (Lipinski definition) is 1. The molecule has 1 saturated heterocycles. The van der Waals surface area contributed by atoms with E-state index in [0.29, 0.717) is 0 Å². The van der Waals surface area contributed by atoms with E-state index in [1.807, 2.05) is 0 Å². The fourth-order valence-corrected chi connectivity index (χ4v) is 3.36. The summed E-state index contributed by atoms with van der Waals surface area (Å²) in [6.45, 7) is 4.71. The molecule has 1 aliphatic carbocycles. The van der Waals surface area contributed by atoms with Gasteiger partial charge in [0.2, 0.25) is 0 Å². The SMILES string of the molecule is Cc1cccc([C@H]2C[C@H]3CNC[C@H]3C2)c1.Cl. The van der Waals surface area contributed by atoms with Gasteiger partial charge in [-0.1, -0.05) is 29.8 Å². The van der Waals surface area contributed by atoms with Crippen LogP contribution < -0.4 is 5.32 Å². The van der Waals surface area contributed by atoms with Crippen molar-refractivity contribution in [3.05, 3.63) is 35.4 Å². The fourth-order valence-electron chi connectivity index (χ4n) is 3.36. The molecule has 1 saturated carbocycles. The highest BCUT2D eigenvalue weighted by atomic mass is 35.5. The van der Waals surface area contributed by atoms with Gasteiger partial charge in [0.05, 0.1) is 0 Å². The Morgan fingerprint density at radius 3 is 2.44 bits per heavy atom. The standard InChI is InChI=1S/C14H19N.ClH/c1-10-3-2-4-11(5-10)12-6-13-8-15-9-14(13)7-12;/h2-5,12-15H,6-9H2,1H3;1H/t12-,13-,14+;. The first-order valence-electron chi connectivity index (χ1n) is 6.10. The summed E-state index contributed by atoms with van der Waals surface area (Å²) in [6.07, 6.45) is 2.81. The van der Waals surface area contributed by atoms with E-state index >= 15 is 0 Å². The third-order valence-corrected chi connectivity index (χ3v) is 4.17. The highest BCUT2D eigenvalue weighted by Crippen LogP contribution is 2.43. The molecule has 2 aliphatic rings. The van der Waals surface area contributed by atoms with Crippen LogP contribution in [-0.2, 0) is 0 Å². The smallest absolute Gasteiger partial charge is 0.00171 e. The van der Waals surface area contributed by atoms with E-state index in [1.165, 1.54) is 31.5 Å². The molecular weight excluding hydrogens is 218 g/mol. The van der Waals surface area contributed by atoms with Crippen molar-refractivity contribution in [3.63, 3.8) is 0 Å². The van der Waals surface area contributed by atoms with Crippen molar-refractivity contribution in [1.82, 2.24) is 5.32 Å². The first-order valence-corrected chi connectivity index (χ1v) is 6.10. The summed E-state index contributed by atoms with van der Waals surface area (Å²) in [5, 5.41) is 3.51. The van der Waals surface area contributed by atoms with Gasteiger partial charge < -0.3 is 5.32 Å². The largest absolute Gasteiger partial charge is 0.316 e. The Morgan fingerprint density at radius 2 is 1.81 bits per heavy atom. The Morgan fingerprint density at radius 1 is 1.12 bits per heavy atom. The summed E-state index contributed by atoms with van der Waals surface area (Å²) in [7, 11) is 0. The first-order chi connectivity index (χ1) is 7.33. The van der Waals surface area contributed by atoms with E-state index in [1.54, 1.807) is 5.56 Å². The van der Waals surface area contributed by atoms with Crippen LogP contribution >= 0.6 is 12.4 Å². The lowest BCUT2D eigenvalue weighted by Crippen LogP contribution is -2.11. The van der Waals surface area contributed by atoms with Crippen LogP contribution in [0.25, 0.3) is 0 Å². The van der Waals surface area contributed by atoms with E-state index in [4.69, 9.17) is 0 Å². The minimum Gasteiger partial charge on any atom is -0.316 e. The summed E-state index contributed by atoms with van der Waals surface area (Å²) >= 11 is 0. The number of benzene rings is 1. The second-order valence-corrected chi connectivity index (χ2v) is 5.26. The minimum absolute atomic E-state index is 0. The Hall–Kier alpha value is -0.530. The molecule has 1 heterocycles. The molecule has 1 aliphatic heterocycles. The maximum absolute atomic E-state index is 3.51. The molecule has 0 amide bonds. The first kappa shape index (κ1) is 11.9. The average molecular weight is 238 g/mol. The molecule has 88 valence electrons. The van der Waals surface area contributed by atoms with Crippen LogP contribution in [0, 0.1) is 18.8 Å². The van der Waals surface area contributed by atoms with Crippen molar-refractivity contribution in [2.24, 2.45) is 11.8 Å². The Bertz CT molecular complexity index is 352. The molecule has 1 N–H and O–H groups in total. The molecule has 16 heavy (non-hydrogen) atoms. The number of hydrogen-bond acceptors (Lipinski definition) is 1. The lowest BCUT2D eigenvalue weighted by atomic mass is 9.95. The summed E-state index contributed by atoms with van der Waals surface area (Å²) in [4.78, 5) is 0. The summed E-state index contributed by atoms with van der Waals surface area (Å²) < 4.78 is 0. The van der Waals surface area contributed by atoms with Crippen molar-refractivity contribution >= 4 is 12.4 Å². The average Bonchev–Trinajstić information content (AvgIpc) is 2.76. The predicted molar refractivity (Wildman–Crippen MR) is 70.3 cm³/mol. The van der Waals surface area contributed by atoms with E-state index < -0.39 is 0 Å². The van der Waals surface area contributed by atoms with Gasteiger partial charge in [-0.15, -0.1) is 12.4 Å². The van der Waals surface area contributed by atoms with Crippen LogP contribution in [0.4, 0.5) is 0 Å². The molecule has 2 heteroatoms. The van der Waals surface area contributed by atoms with Crippen LogP contribution in [0.2, 0.25) is 0 Å². The topological polar surface area (TPSA) is 12.0 Å². The number of halogens is 1. The second kappa shape index (κ2) is 4.77. The highest BCUT2D eigenvalue weighted by molar-refractivity contribution is 5.85. The Kier molecular flexibility index (Phi) is 3.56. The fraction of sp³-hybridized carbons (Fsp3) is 0.571. The van der Waals surface area contributed by atoms with Gasteiger partial charge in [0.15, 0.2) is 0 Å². The van der Waals surface area contributed by atoms with E-state index in [9.17, 15) is 0 Å². The van der Waals surface area contributed by atoms with Gasteiger partial charge in [0, 0.05) is 0 Å². The van der Waals surface area contributed by atoms with Crippen molar-refractivity contribution in [2.75, 3.05) is 13.1 Å². The van der Waals surface area contributed by atoms with Gasteiger partial charge in [-0.05, 0) is 56.2 Å². The maximum atomic E-state index is 3.51. The monoisotopic (exact) mass is 237 g/mol. The molecule has 3 rings (SSSR count). The van der Waals surface area contributed by atoms with Gasteiger partial charge in [-0.25, -0.2) is 0 Å². The van der Waals surface area contributed by atoms with Crippen molar-refractivity contribution in [2.45, 2.75) is 25.7 Å². The quantitative estimate of drug-likeness (QED) is 0.792. The van der Waals surface area contributed by atoms with Crippen LogP contribution in [-0.4, -0.2) is 13.1 Å². The zero-order chi connectivity index (χ0) is 10.3. The van der Waals surface area contributed by atoms with Gasteiger partial charge in [-0.2, -0.15) is 0 Å². The van der Waals surface area contributed by atoms with Crippen molar-refractivity contribution in [3.8, 4) is 0 Å². The predicted octanol–water partition coefficient (Wildman–Crippen LogP) is 3.13. The lowest BCUT2D eigenvalue weighted by Gasteiger charge is -2.12. The highest BCUT2D eigenvalue weighted by Gasteiger charge is 2.37. The third-order valence-electron chi connectivity index (χ3n) is 4.17. The normalized spacial score (nSPS) is 32.2. The molecule has 1 nitrogen and oxygen atoms in total. The number of nitrogens with one attached hydrogen (secondary N) is 1. The Labute approximate surface area is 104 Å². The summed E-state index contributed by atoms with van der Waals surface area (Å²) in [6, 6.07) is 9.09. The van der Waals surface area contributed by atoms with Crippen molar-refractivity contribution < 1.29 is 0 Å². The molecule has 0 bridgehead atoms. The molecular formula is C14H20ClN. The molecule has 0 spiro atoms. The molecule has 2 fully saturated rings. The zero-order valence-electron chi connectivity index (χ0n) is 9.78. The Balaban J connectivity index is 0.000000963. The molecule has 1 aromatic carbocycles.